The molecule has 0 bridgehead atoms. The minimum Gasteiger partial charge on any atom is -0.354 e. The van der Waals surface area contributed by atoms with E-state index in [1.165, 1.54) is 4.88 Å². The van der Waals surface area contributed by atoms with Gasteiger partial charge in [-0.25, -0.2) is 0 Å². The predicted molar refractivity (Wildman–Crippen MR) is 73.3 cm³/mol. The summed E-state index contributed by atoms with van der Waals surface area (Å²) in [5, 5.41) is 6.01. The monoisotopic (exact) mass is 303 g/mol. The zero-order chi connectivity index (χ0) is 11.8. The molecule has 0 aromatic carbocycles. The van der Waals surface area contributed by atoms with Gasteiger partial charge in [0.05, 0.1) is 0 Å². The van der Waals surface area contributed by atoms with Gasteiger partial charge in [0.25, 0.3) is 0 Å². The molecule has 1 aromatic rings. The van der Waals surface area contributed by atoms with E-state index in [9.17, 15) is 4.79 Å². The largest absolute Gasteiger partial charge is 0.354 e. The highest BCUT2D eigenvalue weighted by Gasteiger charge is 2.06. The van der Waals surface area contributed by atoms with Crippen LogP contribution in [0.4, 0.5) is 0 Å². The van der Waals surface area contributed by atoms with Gasteiger partial charge in [0.15, 0.2) is 0 Å². The molecule has 0 radical (unpaired) electrons. The number of carbonyl (C=O) groups excluding carboxylic acids is 1. The topological polar surface area (TPSA) is 29.1 Å². The van der Waals surface area contributed by atoms with Gasteiger partial charge in [-0.3, -0.25) is 4.79 Å². The number of rotatable bonds is 7. The Morgan fingerprint density at radius 3 is 3.06 bits per heavy atom. The zero-order valence-corrected chi connectivity index (χ0v) is 11.9. The van der Waals surface area contributed by atoms with Crippen LogP contribution in [0.1, 0.15) is 31.1 Å². The number of hydrogen-bond acceptors (Lipinski definition) is 2. The molecule has 1 amide bonds. The van der Waals surface area contributed by atoms with Crippen molar-refractivity contribution in [3.63, 3.8) is 0 Å². The lowest BCUT2D eigenvalue weighted by Crippen LogP contribution is -2.32. The van der Waals surface area contributed by atoms with E-state index >= 15 is 0 Å². The first kappa shape index (κ1) is 13.7. The summed E-state index contributed by atoms with van der Waals surface area (Å²) in [7, 11) is 0. The molecule has 0 aliphatic rings. The van der Waals surface area contributed by atoms with E-state index in [1.807, 2.05) is 6.92 Å². The van der Waals surface area contributed by atoms with Crippen LogP contribution in [0.15, 0.2) is 17.5 Å². The van der Waals surface area contributed by atoms with Gasteiger partial charge in [-0.1, -0.05) is 22.0 Å². The lowest BCUT2D eigenvalue weighted by Gasteiger charge is -2.11. The average molecular weight is 304 g/mol. The summed E-state index contributed by atoms with van der Waals surface area (Å²) in [5.41, 5.74) is 0. The lowest BCUT2D eigenvalue weighted by molar-refractivity contribution is -0.121. The normalized spacial score (nSPS) is 12.4. The SMILES string of the molecule is CC(CCBr)NC(=O)CCCc1cccs1. The van der Waals surface area contributed by atoms with Crippen LogP contribution in [0.3, 0.4) is 0 Å². The standard InChI is InChI=1S/C12H18BrNOS/c1-10(7-8-13)14-12(15)6-2-4-11-5-3-9-16-11/h3,5,9-10H,2,4,6-8H2,1H3,(H,14,15). The second-order valence-electron chi connectivity index (χ2n) is 3.88. The molecule has 1 rings (SSSR count). The molecular weight excluding hydrogens is 286 g/mol. The Hall–Kier alpha value is -0.350. The summed E-state index contributed by atoms with van der Waals surface area (Å²) < 4.78 is 0. The van der Waals surface area contributed by atoms with Crippen LogP contribution in [0.5, 0.6) is 0 Å². The molecule has 0 saturated carbocycles. The molecule has 0 aliphatic heterocycles. The van der Waals surface area contributed by atoms with Gasteiger partial charge in [0.2, 0.25) is 5.91 Å². The van der Waals surface area contributed by atoms with Crippen molar-refractivity contribution in [3.8, 4) is 0 Å². The number of nitrogens with one attached hydrogen (secondary N) is 1. The Balaban J connectivity index is 2.10. The molecule has 2 nitrogen and oxygen atoms in total. The summed E-state index contributed by atoms with van der Waals surface area (Å²) in [6.45, 7) is 2.04. The zero-order valence-electron chi connectivity index (χ0n) is 9.54. The highest BCUT2D eigenvalue weighted by Crippen LogP contribution is 2.11. The predicted octanol–water partition coefficient (Wildman–Crippen LogP) is 3.36. The van der Waals surface area contributed by atoms with Gasteiger partial charge < -0.3 is 5.32 Å². The fourth-order valence-corrected chi connectivity index (χ4v) is 2.90. The number of alkyl halides is 1. The van der Waals surface area contributed by atoms with E-state index in [1.54, 1.807) is 11.3 Å². The number of amides is 1. The van der Waals surface area contributed by atoms with Crippen molar-refractivity contribution in [3.05, 3.63) is 22.4 Å². The lowest BCUT2D eigenvalue weighted by atomic mass is 10.2. The van der Waals surface area contributed by atoms with Gasteiger partial charge in [0.1, 0.15) is 0 Å². The maximum Gasteiger partial charge on any atom is 0.220 e. The van der Waals surface area contributed by atoms with Crippen molar-refractivity contribution in [1.29, 1.82) is 0 Å². The molecule has 0 saturated heterocycles. The first-order valence-electron chi connectivity index (χ1n) is 5.60. The van der Waals surface area contributed by atoms with Gasteiger partial charge in [-0.05, 0) is 37.6 Å². The number of thiophene rings is 1. The van der Waals surface area contributed by atoms with E-state index in [4.69, 9.17) is 0 Å². The van der Waals surface area contributed by atoms with Crippen molar-refractivity contribution in [2.75, 3.05) is 5.33 Å². The van der Waals surface area contributed by atoms with Crippen LogP contribution in [0.2, 0.25) is 0 Å². The van der Waals surface area contributed by atoms with E-state index in [0.29, 0.717) is 6.42 Å². The average Bonchev–Trinajstić information content (AvgIpc) is 2.70. The fourth-order valence-electron chi connectivity index (χ4n) is 1.46. The molecule has 1 N–H and O–H groups in total. The summed E-state index contributed by atoms with van der Waals surface area (Å²) >= 11 is 5.13. The van der Waals surface area contributed by atoms with E-state index < -0.39 is 0 Å². The Labute approximate surface area is 110 Å². The van der Waals surface area contributed by atoms with Crippen molar-refractivity contribution >= 4 is 33.2 Å². The number of hydrogen-bond donors (Lipinski definition) is 1. The third kappa shape index (κ3) is 5.66. The smallest absolute Gasteiger partial charge is 0.220 e. The summed E-state index contributed by atoms with van der Waals surface area (Å²) in [4.78, 5) is 12.9. The Morgan fingerprint density at radius 2 is 2.44 bits per heavy atom. The van der Waals surface area contributed by atoms with Crippen LogP contribution >= 0.6 is 27.3 Å². The Bertz CT molecular complexity index is 300. The van der Waals surface area contributed by atoms with Crippen LogP contribution in [-0.4, -0.2) is 17.3 Å². The quantitative estimate of drug-likeness (QED) is 0.769. The van der Waals surface area contributed by atoms with Gasteiger partial charge in [0, 0.05) is 22.7 Å². The Kier molecular flexibility index (Phi) is 6.73. The number of carbonyl (C=O) groups is 1. The molecule has 90 valence electrons. The first-order valence-corrected chi connectivity index (χ1v) is 7.60. The van der Waals surface area contributed by atoms with Crippen molar-refractivity contribution in [2.45, 2.75) is 38.6 Å². The molecule has 1 unspecified atom stereocenters. The molecule has 4 heteroatoms. The summed E-state index contributed by atoms with van der Waals surface area (Å²) in [5.74, 6) is 0.171. The minimum atomic E-state index is 0.171. The molecule has 0 fully saturated rings. The summed E-state index contributed by atoms with van der Waals surface area (Å²) in [6.07, 6.45) is 3.56. The second-order valence-corrected chi connectivity index (χ2v) is 5.70. The Morgan fingerprint density at radius 1 is 1.62 bits per heavy atom. The van der Waals surface area contributed by atoms with Crippen LogP contribution in [-0.2, 0) is 11.2 Å². The van der Waals surface area contributed by atoms with Gasteiger partial charge in [-0.2, -0.15) is 0 Å². The fraction of sp³-hybridized carbons (Fsp3) is 0.583. The van der Waals surface area contributed by atoms with Crippen LogP contribution < -0.4 is 5.32 Å². The molecule has 16 heavy (non-hydrogen) atoms. The molecule has 1 aromatic heterocycles. The molecule has 0 spiro atoms. The van der Waals surface area contributed by atoms with Crippen molar-refractivity contribution in [1.82, 2.24) is 5.32 Å². The van der Waals surface area contributed by atoms with Gasteiger partial charge >= 0.3 is 0 Å². The molecular formula is C12H18BrNOS. The van der Waals surface area contributed by atoms with E-state index in [2.05, 4.69) is 38.8 Å². The molecule has 1 atom stereocenters. The molecule has 0 aliphatic carbocycles. The minimum absolute atomic E-state index is 0.171. The van der Waals surface area contributed by atoms with Crippen molar-refractivity contribution in [2.24, 2.45) is 0 Å². The molecule has 1 heterocycles. The number of halogens is 1. The number of aryl methyl sites for hydroxylation is 1. The van der Waals surface area contributed by atoms with Crippen molar-refractivity contribution < 1.29 is 4.79 Å². The summed E-state index contributed by atoms with van der Waals surface area (Å²) in [6, 6.07) is 4.45. The highest BCUT2D eigenvalue weighted by atomic mass is 79.9. The van der Waals surface area contributed by atoms with Gasteiger partial charge in [-0.15, -0.1) is 11.3 Å². The van der Waals surface area contributed by atoms with E-state index in [-0.39, 0.29) is 11.9 Å². The highest BCUT2D eigenvalue weighted by molar-refractivity contribution is 9.09. The maximum absolute atomic E-state index is 11.5. The van der Waals surface area contributed by atoms with Crippen LogP contribution in [0.25, 0.3) is 0 Å². The maximum atomic E-state index is 11.5. The third-order valence-electron chi connectivity index (χ3n) is 2.36. The third-order valence-corrected chi connectivity index (χ3v) is 3.75. The van der Waals surface area contributed by atoms with E-state index in [0.717, 1.165) is 24.6 Å². The second kappa shape index (κ2) is 7.85. The van der Waals surface area contributed by atoms with Crippen LogP contribution in [0, 0.1) is 0 Å². The first-order chi connectivity index (χ1) is 7.72.